The summed E-state index contributed by atoms with van der Waals surface area (Å²) in [7, 11) is 0. The monoisotopic (exact) mass is 530 g/mol. The summed E-state index contributed by atoms with van der Waals surface area (Å²) in [6.07, 6.45) is 3.10. The SMILES string of the molecule is O=C(CNC(=O)c1ccccc1OCC(=O)Nc1ccc(I)cc1)Nc1cccnc1. The summed E-state index contributed by atoms with van der Waals surface area (Å²) in [5.41, 5.74) is 1.41. The van der Waals surface area contributed by atoms with Gasteiger partial charge in [0.25, 0.3) is 11.8 Å². The maximum Gasteiger partial charge on any atom is 0.262 e. The largest absolute Gasteiger partial charge is 0.483 e. The fourth-order valence-corrected chi connectivity index (χ4v) is 2.91. The molecule has 0 saturated carbocycles. The van der Waals surface area contributed by atoms with Gasteiger partial charge in [0.2, 0.25) is 5.91 Å². The van der Waals surface area contributed by atoms with E-state index < -0.39 is 11.8 Å². The van der Waals surface area contributed by atoms with Gasteiger partial charge < -0.3 is 20.7 Å². The standard InChI is InChI=1S/C22H19IN4O4/c23-15-7-9-16(10-8-15)26-21(29)14-31-19-6-2-1-5-18(19)22(30)25-13-20(28)27-17-4-3-11-24-12-17/h1-12H,13-14H2,(H,25,30)(H,26,29)(H,27,28). The summed E-state index contributed by atoms with van der Waals surface area (Å²) in [6, 6.07) is 17.2. The molecule has 0 aliphatic rings. The summed E-state index contributed by atoms with van der Waals surface area (Å²) in [5, 5.41) is 7.89. The molecule has 3 aromatic rings. The summed E-state index contributed by atoms with van der Waals surface area (Å²) in [5.74, 6) is -0.996. The van der Waals surface area contributed by atoms with Gasteiger partial charge in [0.1, 0.15) is 5.75 Å². The van der Waals surface area contributed by atoms with Gasteiger partial charge in [0, 0.05) is 15.5 Å². The Kier molecular flexibility index (Phi) is 7.93. The Morgan fingerprint density at radius 2 is 1.61 bits per heavy atom. The smallest absolute Gasteiger partial charge is 0.262 e. The van der Waals surface area contributed by atoms with Gasteiger partial charge in [-0.05, 0) is 71.1 Å². The second-order valence-electron chi connectivity index (χ2n) is 6.31. The molecule has 0 radical (unpaired) electrons. The summed E-state index contributed by atoms with van der Waals surface area (Å²) in [6.45, 7) is -0.493. The molecule has 3 N–H and O–H groups in total. The van der Waals surface area contributed by atoms with Crippen molar-refractivity contribution in [2.45, 2.75) is 0 Å². The van der Waals surface area contributed by atoms with Crippen LogP contribution in [0.3, 0.4) is 0 Å². The van der Waals surface area contributed by atoms with Crippen molar-refractivity contribution >= 4 is 51.7 Å². The third-order valence-electron chi connectivity index (χ3n) is 3.97. The molecule has 0 aliphatic carbocycles. The molecule has 158 valence electrons. The predicted octanol–water partition coefficient (Wildman–Crippen LogP) is 3.07. The molecule has 3 rings (SSSR count). The van der Waals surface area contributed by atoms with Crippen LogP contribution in [0.15, 0.2) is 73.1 Å². The topological polar surface area (TPSA) is 109 Å². The number of para-hydroxylation sites is 1. The van der Waals surface area contributed by atoms with Gasteiger partial charge in [-0.1, -0.05) is 12.1 Å². The number of carbonyl (C=O) groups is 3. The minimum Gasteiger partial charge on any atom is -0.483 e. The number of ether oxygens (including phenoxy) is 1. The Morgan fingerprint density at radius 3 is 2.35 bits per heavy atom. The Labute approximate surface area is 192 Å². The van der Waals surface area contributed by atoms with Crippen molar-refractivity contribution in [1.82, 2.24) is 10.3 Å². The van der Waals surface area contributed by atoms with Crippen LogP contribution in [0.25, 0.3) is 0 Å². The number of hydrogen-bond donors (Lipinski definition) is 3. The molecule has 0 saturated heterocycles. The molecular weight excluding hydrogens is 511 g/mol. The van der Waals surface area contributed by atoms with Crippen LogP contribution in [0, 0.1) is 3.57 Å². The van der Waals surface area contributed by atoms with Gasteiger partial charge in [0.05, 0.1) is 24.0 Å². The van der Waals surface area contributed by atoms with E-state index in [1.165, 1.54) is 6.20 Å². The van der Waals surface area contributed by atoms with Gasteiger partial charge in [-0.3, -0.25) is 19.4 Å². The lowest BCUT2D eigenvalue weighted by Gasteiger charge is -2.12. The molecule has 9 heteroatoms. The Balaban J connectivity index is 1.52. The van der Waals surface area contributed by atoms with Crippen LogP contribution >= 0.6 is 22.6 Å². The lowest BCUT2D eigenvalue weighted by atomic mass is 10.2. The van der Waals surface area contributed by atoms with Crippen molar-refractivity contribution in [3.8, 4) is 5.75 Å². The predicted molar refractivity (Wildman–Crippen MR) is 125 cm³/mol. The Hall–Kier alpha value is -3.47. The lowest BCUT2D eigenvalue weighted by molar-refractivity contribution is -0.118. The van der Waals surface area contributed by atoms with E-state index >= 15 is 0 Å². The number of nitrogens with zero attached hydrogens (tertiary/aromatic N) is 1. The number of benzene rings is 2. The van der Waals surface area contributed by atoms with E-state index in [1.807, 2.05) is 12.1 Å². The second kappa shape index (κ2) is 11.1. The molecule has 3 amide bonds. The molecule has 1 aromatic heterocycles. The first-order valence-corrected chi connectivity index (χ1v) is 10.3. The summed E-state index contributed by atoms with van der Waals surface area (Å²) >= 11 is 2.18. The van der Waals surface area contributed by atoms with E-state index in [0.29, 0.717) is 11.4 Å². The van der Waals surface area contributed by atoms with Crippen molar-refractivity contribution in [2.24, 2.45) is 0 Å². The maximum absolute atomic E-state index is 12.5. The zero-order chi connectivity index (χ0) is 22.1. The second-order valence-corrected chi connectivity index (χ2v) is 7.56. The number of amides is 3. The number of anilines is 2. The first kappa shape index (κ1) is 22.2. The van der Waals surface area contributed by atoms with Crippen molar-refractivity contribution < 1.29 is 19.1 Å². The molecule has 0 spiro atoms. The van der Waals surface area contributed by atoms with E-state index in [4.69, 9.17) is 4.74 Å². The Morgan fingerprint density at radius 1 is 0.871 bits per heavy atom. The van der Waals surface area contributed by atoms with E-state index in [2.05, 4.69) is 43.5 Å². The van der Waals surface area contributed by atoms with Crippen LogP contribution in [0.2, 0.25) is 0 Å². The van der Waals surface area contributed by atoms with E-state index in [1.54, 1.807) is 54.7 Å². The quantitative estimate of drug-likeness (QED) is 0.388. The number of hydrogen-bond acceptors (Lipinski definition) is 5. The van der Waals surface area contributed by atoms with Crippen molar-refractivity contribution in [2.75, 3.05) is 23.8 Å². The molecule has 0 aliphatic heterocycles. The van der Waals surface area contributed by atoms with Crippen molar-refractivity contribution in [3.05, 3.63) is 82.2 Å². The number of halogens is 1. The molecule has 0 fully saturated rings. The van der Waals surface area contributed by atoms with Gasteiger partial charge in [-0.15, -0.1) is 0 Å². The van der Waals surface area contributed by atoms with Gasteiger partial charge in [0.15, 0.2) is 6.61 Å². The fourth-order valence-electron chi connectivity index (χ4n) is 2.55. The average Bonchev–Trinajstić information content (AvgIpc) is 2.78. The molecule has 1 heterocycles. The average molecular weight is 530 g/mol. The highest BCUT2D eigenvalue weighted by Gasteiger charge is 2.14. The highest BCUT2D eigenvalue weighted by atomic mass is 127. The minimum atomic E-state index is -0.491. The first-order valence-electron chi connectivity index (χ1n) is 9.26. The number of aromatic nitrogens is 1. The summed E-state index contributed by atoms with van der Waals surface area (Å²) < 4.78 is 6.59. The number of rotatable bonds is 8. The first-order chi connectivity index (χ1) is 15.0. The van der Waals surface area contributed by atoms with Crippen LogP contribution < -0.4 is 20.7 Å². The minimum absolute atomic E-state index is 0.221. The zero-order valence-electron chi connectivity index (χ0n) is 16.3. The van der Waals surface area contributed by atoms with Crippen molar-refractivity contribution in [1.29, 1.82) is 0 Å². The van der Waals surface area contributed by atoms with Gasteiger partial charge >= 0.3 is 0 Å². The normalized spacial score (nSPS) is 10.1. The van der Waals surface area contributed by atoms with Crippen LogP contribution in [0.4, 0.5) is 11.4 Å². The van der Waals surface area contributed by atoms with Gasteiger partial charge in [-0.25, -0.2) is 0 Å². The fraction of sp³-hybridized carbons (Fsp3) is 0.0909. The van der Waals surface area contributed by atoms with Crippen LogP contribution in [0.1, 0.15) is 10.4 Å². The number of pyridine rings is 1. The number of carbonyl (C=O) groups excluding carboxylic acids is 3. The molecular formula is C22H19IN4O4. The third kappa shape index (κ3) is 7.07. The Bertz CT molecular complexity index is 1060. The van der Waals surface area contributed by atoms with Crippen LogP contribution in [-0.2, 0) is 9.59 Å². The molecule has 2 aromatic carbocycles. The highest BCUT2D eigenvalue weighted by molar-refractivity contribution is 14.1. The summed E-state index contributed by atoms with van der Waals surface area (Å²) in [4.78, 5) is 40.6. The van der Waals surface area contributed by atoms with Crippen molar-refractivity contribution in [3.63, 3.8) is 0 Å². The van der Waals surface area contributed by atoms with E-state index in [9.17, 15) is 14.4 Å². The third-order valence-corrected chi connectivity index (χ3v) is 4.69. The maximum atomic E-state index is 12.5. The lowest BCUT2D eigenvalue weighted by Crippen LogP contribution is -2.33. The van der Waals surface area contributed by atoms with E-state index in [-0.39, 0.29) is 30.4 Å². The zero-order valence-corrected chi connectivity index (χ0v) is 18.5. The number of nitrogens with one attached hydrogen (secondary N) is 3. The molecule has 31 heavy (non-hydrogen) atoms. The van der Waals surface area contributed by atoms with Crippen LogP contribution in [-0.4, -0.2) is 35.9 Å². The molecule has 8 nitrogen and oxygen atoms in total. The van der Waals surface area contributed by atoms with Crippen LogP contribution in [0.5, 0.6) is 5.75 Å². The molecule has 0 unspecified atom stereocenters. The molecule has 0 bridgehead atoms. The van der Waals surface area contributed by atoms with Gasteiger partial charge in [-0.2, -0.15) is 0 Å². The highest BCUT2D eigenvalue weighted by Crippen LogP contribution is 2.18. The van der Waals surface area contributed by atoms with E-state index in [0.717, 1.165) is 3.57 Å². The molecule has 0 atom stereocenters.